The SMILES string of the molecule is CCc1nc(C2(OC)CCOCC2)nc(Cl)c1C. The molecule has 2 rings (SSSR count). The highest BCUT2D eigenvalue weighted by molar-refractivity contribution is 6.30. The Morgan fingerprint density at radius 1 is 1.33 bits per heavy atom. The number of hydrogen-bond donors (Lipinski definition) is 0. The smallest absolute Gasteiger partial charge is 0.162 e. The van der Waals surface area contributed by atoms with Gasteiger partial charge in [0.2, 0.25) is 0 Å². The first-order valence-electron chi connectivity index (χ1n) is 6.29. The Kier molecular flexibility index (Phi) is 4.20. The van der Waals surface area contributed by atoms with Crippen molar-refractivity contribution < 1.29 is 9.47 Å². The second-order valence-electron chi connectivity index (χ2n) is 4.57. The van der Waals surface area contributed by atoms with E-state index in [1.165, 1.54) is 0 Å². The first-order valence-corrected chi connectivity index (χ1v) is 6.67. The normalized spacial score (nSPS) is 18.9. The van der Waals surface area contributed by atoms with Gasteiger partial charge >= 0.3 is 0 Å². The third kappa shape index (κ3) is 2.37. The molecule has 1 aliphatic rings. The van der Waals surface area contributed by atoms with Crippen LogP contribution < -0.4 is 0 Å². The predicted molar refractivity (Wildman–Crippen MR) is 69.9 cm³/mol. The molecule has 0 radical (unpaired) electrons. The summed E-state index contributed by atoms with van der Waals surface area (Å²) in [6.45, 7) is 5.36. The Bertz CT molecular complexity index is 431. The van der Waals surface area contributed by atoms with E-state index in [0.29, 0.717) is 24.2 Å². The average molecular weight is 271 g/mol. The molecular formula is C13H19ClN2O2. The standard InChI is InChI=1S/C13H19ClN2O2/c1-4-10-9(2)11(14)16-12(15-10)13(17-3)5-7-18-8-6-13/h4-8H2,1-3H3. The lowest BCUT2D eigenvalue weighted by molar-refractivity contribution is -0.100. The van der Waals surface area contributed by atoms with Gasteiger partial charge in [-0.15, -0.1) is 0 Å². The van der Waals surface area contributed by atoms with Gasteiger partial charge in [-0.1, -0.05) is 18.5 Å². The van der Waals surface area contributed by atoms with Crippen molar-refractivity contribution in [2.24, 2.45) is 0 Å². The number of nitrogens with zero attached hydrogens (tertiary/aromatic N) is 2. The largest absolute Gasteiger partial charge is 0.381 e. The van der Waals surface area contributed by atoms with E-state index in [0.717, 1.165) is 30.5 Å². The van der Waals surface area contributed by atoms with Crippen molar-refractivity contribution in [1.82, 2.24) is 9.97 Å². The minimum Gasteiger partial charge on any atom is -0.381 e. The van der Waals surface area contributed by atoms with E-state index in [2.05, 4.69) is 16.9 Å². The summed E-state index contributed by atoms with van der Waals surface area (Å²) in [4.78, 5) is 9.06. The molecular weight excluding hydrogens is 252 g/mol. The van der Waals surface area contributed by atoms with Crippen molar-refractivity contribution >= 4 is 11.6 Å². The summed E-state index contributed by atoms with van der Waals surface area (Å²) in [6, 6.07) is 0. The number of aryl methyl sites for hydroxylation is 1. The highest BCUT2D eigenvalue weighted by Gasteiger charge is 2.38. The van der Waals surface area contributed by atoms with Crippen LogP contribution in [0.15, 0.2) is 0 Å². The third-order valence-corrected chi connectivity index (χ3v) is 3.99. The third-order valence-electron chi connectivity index (χ3n) is 3.62. The number of aromatic nitrogens is 2. The van der Waals surface area contributed by atoms with E-state index in [9.17, 15) is 0 Å². The number of halogens is 1. The maximum Gasteiger partial charge on any atom is 0.162 e. The molecule has 0 aromatic carbocycles. The van der Waals surface area contributed by atoms with Gasteiger partial charge in [-0.2, -0.15) is 0 Å². The summed E-state index contributed by atoms with van der Waals surface area (Å²) >= 11 is 6.20. The number of rotatable bonds is 3. The van der Waals surface area contributed by atoms with E-state index in [-0.39, 0.29) is 0 Å². The van der Waals surface area contributed by atoms with Gasteiger partial charge in [0.15, 0.2) is 5.82 Å². The van der Waals surface area contributed by atoms with Crippen LogP contribution in [-0.2, 0) is 21.5 Å². The van der Waals surface area contributed by atoms with Crippen LogP contribution in [0.2, 0.25) is 5.15 Å². The van der Waals surface area contributed by atoms with Gasteiger partial charge in [0.05, 0.1) is 0 Å². The minimum absolute atomic E-state index is 0.445. The molecule has 0 saturated carbocycles. The maximum absolute atomic E-state index is 6.20. The molecule has 0 unspecified atom stereocenters. The number of ether oxygens (including phenoxy) is 2. The summed E-state index contributed by atoms with van der Waals surface area (Å²) < 4.78 is 11.1. The van der Waals surface area contributed by atoms with Crippen LogP contribution in [-0.4, -0.2) is 30.3 Å². The van der Waals surface area contributed by atoms with Crippen molar-refractivity contribution in [3.63, 3.8) is 0 Å². The van der Waals surface area contributed by atoms with Crippen molar-refractivity contribution in [3.05, 3.63) is 22.2 Å². The lowest BCUT2D eigenvalue weighted by Crippen LogP contribution is -2.37. The van der Waals surface area contributed by atoms with Crippen LogP contribution >= 0.6 is 11.6 Å². The fourth-order valence-electron chi connectivity index (χ4n) is 2.30. The molecule has 0 bridgehead atoms. The Morgan fingerprint density at radius 2 is 2.00 bits per heavy atom. The van der Waals surface area contributed by atoms with Crippen LogP contribution in [0.4, 0.5) is 0 Å². The molecule has 5 heteroatoms. The second kappa shape index (κ2) is 5.51. The highest BCUT2D eigenvalue weighted by Crippen LogP contribution is 2.34. The Balaban J connectivity index is 2.45. The first-order chi connectivity index (χ1) is 8.63. The van der Waals surface area contributed by atoms with Crippen molar-refractivity contribution in [2.45, 2.75) is 38.7 Å². The van der Waals surface area contributed by atoms with Gasteiger partial charge in [0.1, 0.15) is 10.8 Å². The molecule has 4 nitrogen and oxygen atoms in total. The van der Waals surface area contributed by atoms with Gasteiger partial charge in [0, 0.05) is 44.4 Å². The molecule has 1 aliphatic heterocycles. The van der Waals surface area contributed by atoms with Gasteiger partial charge in [-0.3, -0.25) is 0 Å². The zero-order chi connectivity index (χ0) is 13.2. The molecule has 0 spiro atoms. The predicted octanol–water partition coefficient (Wildman–Crippen LogP) is 2.65. The van der Waals surface area contributed by atoms with Gasteiger partial charge in [0.25, 0.3) is 0 Å². The van der Waals surface area contributed by atoms with E-state index in [4.69, 9.17) is 21.1 Å². The van der Waals surface area contributed by atoms with Crippen molar-refractivity contribution in [1.29, 1.82) is 0 Å². The van der Waals surface area contributed by atoms with Gasteiger partial charge < -0.3 is 9.47 Å². The topological polar surface area (TPSA) is 44.2 Å². The van der Waals surface area contributed by atoms with Crippen LogP contribution in [0.3, 0.4) is 0 Å². The molecule has 1 aromatic heterocycles. The monoisotopic (exact) mass is 270 g/mol. The molecule has 2 heterocycles. The zero-order valence-corrected chi connectivity index (χ0v) is 11.9. The van der Waals surface area contributed by atoms with E-state index in [1.54, 1.807) is 7.11 Å². The summed E-state index contributed by atoms with van der Waals surface area (Å²) in [5.74, 6) is 0.695. The lowest BCUT2D eigenvalue weighted by Gasteiger charge is -2.34. The van der Waals surface area contributed by atoms with Gasteiger partial charge in [-0.25, -0.2) is 9.97 Å². The molecule has 0 amide bonds. The van der Waals surface area contributed by atoms with E-state index >= 15 is 0 Å². The molecule has 100 valence electrons. The number of hydrogen-bond acceptors (Lipinski definition) is 4. The summed E-state index contributed by atoms with van der Waals surface area (Å²) in [7, 11) is 1.70. The first kappa shape index (κ1) is 13.7. The molecule has 1 fully saturated rings. The fraction of sp³-hybridized carbons (Fsp3) is 0.692. The summed E-state index contributed by atoms with van der Waals surface area (Å²) in [5, 5.41) is 0.528. The molecule has 0 aliphatic carbocycles. The summed E-state index contributed by atoms with van der Waals surface area (Å²) in [5.41, 5.74) is 1.51. The molecule has 18 heavy (non-hydrogen) atoms. The Hall–Kier alpha value is -0.710. The zero-order valence-electron chi connectivity index (χ0n) is 11.1. The minimum atomic E-state index is -0.445. The molecule has 0 N–H and O–H groups in total. The Morgan fingerprint density at radius 3 is 2.56 bits per heavy atom. The van der Waals surface area contributed by atoms with Crippen LogP contribution in [0, 0.1) is 6.92 Å². The van der Waals surface area contributed by atoms with Crippen molar-refractivity contribution in [3.8, 4) is 0 Å². The molecule has 1 aromatic rings. The van der Waals surface area contributed by atoms with Crippen LogP contribution in [0.1, 0.15) is 36.8 Å². The second-order valence-corrected chi connectivity index (χ2v) is 4.93. The van der Waals surface area contributed by atoms with Crippen LogP contribution in [0.25, 0.3) is 0 Å². The lowest BCUT2D eigenvalue weighted by atomic mass is 9.92. The highest BCUT2D eigenvalue weighted by atomic mass is 35.5. The Labute approximate surface area is 113 Å². The van der Waals surface area contributed by atoms with E-state index < -0.39 is 5.60 Å². The van der Waals surface area contributed by atoms with E-state index in [1.807, 2.05) is 6.92 Å². The quantitative estimate of drug-likeness (QED) is 0.792. The number of methoxy groups -OCH3 is 1. The molecule has 1 saturated heterocycles. The van der Waals surface area contributed by atoms with Crippen molar-refractivity contribution in [2.75, 3.05) is 20.3 Å². The molecule has 0 atom stereocenters. The average Bonchev–Trinajstić information content (AvgIpc) is 2.42. The van der Waals surface area contributed by atoms with Crippen LogP contribution in [0.5, 0.6) is 0 Å². The summed E-state index contributed by atoms with van der Waals surface area (Å²) in [6.07, 6.45) is 2.38. The van der Waals surface area contributed by atoms with Gasteiger partial charge in [-0.05, 0) is 13.3 Å². The maximum atomic E-state index is 6.20. The fourth-order valence-corrected chi connectivity index (χ4v) is 2.49.